The van der Waals surface area contributed by atoms with Crippen LogP contribution in [-0.2, 0) is 0 Å². The van der Waals surface area contributed by atoms with Crippen LogP contribution in [0.4, 0.5) is 5.82 Å². The first-order chi connectivity index (χ1) is 11.7. The highest BCUT2D eigenvalue weighted by atomic mass is 16.3. The van der Waals surface area contributed by atoms with E-state index in [4.69, 9.17) is 9.41 Å². The minimum absolute atomic E-state index is 0.531. The number of benzene rings is 2. The molecule has 0 atom stereocenters. The topological polar surface area (TPSA) is 54.5 Å². The minimum atomic E-state index is 0.531. The van der Waals surface area contributed by atoms with Crippen LogP contribution in [-0.4, -0.2) is 34.8 Å². The zero-order valence-corrected chi connectivity index (χ0v) is 13.5. The van der Waals surface area contributed by atoms with Crippen LogP contribution in [0.3, 0.4) is 0 Å². The SMILES string of the molecule is CN(C)C(=Nc1ncnc2c1oc1ccccc12)c1ccccc1. The Morgan fingerprint density at radius 1 is 0.958 bits per heavy atom. The summed E-state index contributed by atoms with van der Waals surface area (Å²) in [6, 6.07) is 17.8. The Morgan fingerprint density at radius 2 is 1.71 bits per heavy atom. The lowest BCUT2D eigenvalue weighted by molar-refractivity contribution is 0.622. The van der Waals surface area contributed by atoms with Gasteiger partial charge in [-0.15, -0.1) is 0 Å². The molecule has 0 amide bonds. The van der Waals surface area contributed by atoms with Gasteiger partial charge in [0.2, 0.25) is 5.82 Å². The van der Waals surface area contributed by atoms with Gasteiger partial charge in [-0.1, -0.05) is 42.5 Å². The first-order valence-corrected chi connectivity index (χ1v) is 7.68. The third-order valence-electron chi connectivity index (χ3n) is 3.81. The molecule has 2 heterocycles. The predicted molar refractivity (Wildman–Crippen MR) is 95.6 cm³/mol. The molecule has 0 unspecified atom stereocenters. The van der Waals surface area contributed by atoms with Crippen molar-refractivity contribution in [3.8, 4) is 0 Å². The number of aliphatic imine (C=N–C) groups is 1. The molecule has 0 saturated carbocycles. The summed E-state index contributed by atoms with van der Waals surface area (Å²) in [5, 5.41) is 0.970. The van der Waals surface area contributed by atoms with Crippen LogP contribution in [0.15, 0.2) is 70.3 Å². The number of fused-ring (bicyclic) bond motifs is 3. The maximum absolute atomic E-state index is 5.95. The van der Waals surface area contributed by atoms with Gasteiger partial charge in [-0.3, -0.25) is 0 Å². The second-order valence-electron chi connectivity index (χ2n) is 5.67. The molecule has 0 fully saturated rings. The van der Waals surface area contributed by atoms with E-state index in [2.05, 4.69) is 9.97 Å². The number of rotatable bonds is 2. The molecule has 4 aromatic rings. The molecule has 2 aromatic carbocycles. The highest BCUT2D eigenvalue weighted by molar-refractivity contribution is 6.07. The first kappa shape index (κ1) is 14.4. The number of nitrogens with zero attached hydrogens (tertiary/aromatic N) is 4. The predicted octanol–water partition coefficient (Wildman–Crippen LogP) is 4.02. The number of para-hydroxylation sites is 1. The van der Waals surface area contributed by atoms with Gasteiger partial charge in [0.05, 0.1) is 0 Å². The highest BCUT2D eigenvalue weighted by Gasteiger charge is 2.14. The smallest absolute Gasteiger partial charge is 0.201 e. The summed E-state index contributed by atoms with van der Waals surface area (Å²) < 4.78 is 5.95. The Kier molecular flexibility index (Phi) is 3.46. The number of furan rings is 1. The molecule has 0 aliphatic rings. The van der Waals surface area contributed by atoms with Crippen molar-refractivity contribution in [2.24, 2.45) is 4.99 Å². The lowest BCUT2D eigenvalue weighted by Gasteiger charge is -2.15. The Labute approximate surface area is 139 Å². The van der Waals surface area contributed by atoms with Crippen LogP contribution in [0.1, 0.15) is 5.56 Å². The van der Waals surface area contributed by atoms with E-state index in [1.54, 1.807) is 0 Å². The molecule has 0 N–H and O–H groups in total. The lowest BCUT2D eigenvalue weighted by Crippen LogP contribution is -2.22. The van der Waals surface area contributed by atoms with Crippen molar-refractivity contribution in [3.63, 3.8) is 0 Å². The standard InChI is InChI=1S/C19H16N4O/c1-23(2)19(13-8-4-3-5-9-13)22-18-17-16(20-12-21-18)14-10-6-7-11-15(14)24-17/h3-12H,1-2H3. The van der Waals surface area contributed by atoms with Crippen molar-refractivity contribution in [1.82, 2.24) is 14.9 Å². The van der Waals surface area contributed by atoms with E-state index in [1.807, 2.05) is 73.6 Å². The Morgan fingerprint density at radius 3 is 2.50 bits per heavy atom. The van der Waals surface area contributed by atoms with E-state index in [9.17, 15) is 0 Å². The van der Waals surface area contributed by atoms with E-state index in [-0.39, 0.29) is 0 Å². The molecule has 24 heavy (non-hydrogen) atoms. The van der Waals surface area contributed by atoms with Crippen LogP contribution in [0.25, 0.3) is 22.1 Å². The van der Waals surface area contributed by atoms with Gasteiger partial charge < -0.3 is 9.32 Å². The van der Waals surface area contributed by atoms with Gasteiger partial charge in [0.15, 0.2) is 5.58 Å². The van der Waals surface area contributed by atoms with Gasteiger partial charge in [0.25, 0.3) is 0 Å². The van der Waals surface area contributed by atoms with Gasteiger partial charge in [-0.2, -0.15) is 0 Å². The monoisotopic (exact) mass is 316 g/mol. The van der Waals surface area contributed by atoms with Crippen LogP contribution >= 0.6 is 0 Å². The van der Waals surface area contributed by atoms with Gasteiger partial charge in [0.1, 0.15) is 23.3 Å². The summed E-state index contributed by atoms with van der Waals surface area (Å²) in [5.74, 6) is 1.35. The number of hydrogen-bond acceptors (Lipinski definition) is 4. The molecule has 0 spiro atoms. The van der Waals surface area contributed by atoms with E-state index in [1.165, 1.54) is 6.33 Å². The van der Waals surface area contributed by atoms with Crippen LogP contribution in [0.2, 0.25) is 0 Å². The summed E-state index contributed by atoms with van der Waals surface area (Å²) in [6.45, 7) is 0. The zero-order chi connectivity index (χ0) is 16.5. The summed E-state index contributed by atoms with van der Waals surface area (Å²) in [4.78, 5) is 15.4. The molecule has 0 saturated heterocycles. The van der Waals surface area contributed by atoms with E-state index in [0.717, 1.165) is 27.9 Å². The fourth-order valence-corrected chi connectivity index (χ4v) is 2.70. The maximum atomic E-state index is 5.95. The molecule has 118 valence electrons. The van der Waals surface area contributed by atoms with Gasteiger partial charge >= 0.3 is 0 Å². The van der Waals surface area contributed by atoms with Crippen LogP contribution in [0, 0.1) is 0 Å². The number of amidine groups is 1. The molecule has 5 nitrogen and oxygen atoms in total. The second kappa shape index (κ2) is 5.77. The molecular weight excluding hydrogens is 300 g/mol. The van der Waals surface area contributed by atoms with Crippen molar-refractivity contribution in [1.29, 1.82) is 0 Å². The fraction of sp³-hybridized carbons (Fsp3) is 0.105. The van der Waals surface area contributed by atoms with Crippen molar-refractivity contribution in [3.05, 3.63) is 66.5 Å². The van der Waals surface area contributed by atoms with Crippen molar-refractivity contribution < 1.29 is 4.42 Å². The summed E-state index contributed by atoms with van der Waals surface area (Å²) in [7, 11) is 3.92. The Balaban J connectivity index is 1.95. The second-order valence-corrected chi connectivity index (χ2v) is 5.67. The van der Waals surface area contributed by atoms with Gasteiger partial charge in [-0.25, -0.2) is 15.0 Å². The Hall–Kier alpha value is -3.21. The fourth-order valence-electron chi connectivity index (χ4n) is 2.70. The zero-order valence-electron chi connectivity index (χ0n) is 13.5. The van der Waals surface area contributed by atoms with E-state index >= 15 is 0 Å². The van der Waals surface area contributed by atoms with Crippen molar-refractivity contribution in [2.75, 3.05) is 14.1 Å². The molecule has 0 aliphatic carbocycles. The minimum Gasteiger partial charge on any atom is -0.450 e. The Bertz CT molecular complexity index is 1040. The molecule has 2 aromatic heterocycles. The third-order valence-corrected chi connectivity index (χ3v) is 3.81. The van der Waals surface area contributed by atoms with Gasteiger partial charge in [0, 0.05) is 25.0 Å². The van der Waals surface area contributed by atoms with E-state index < -0.39 is 0 Å². The average Bonchev–Trinajstić information content (AvgIpc) is 2.99. The van der Waals surface area contributed by atoms with E-state index in [0.29, 0.717) is 11.4 Å². The highest BCUT2D eigenvalue weighted by Crippen LogP contribution is 2.31. The number of hydrogen-bond donors (Lipinski definition) is 0. The maximum Gasteiger partial charge on any atom is 0.201 e. The van der Waals surface area contributed by atoms with Crippen molar-refractivity contribution in [2.45, 2.75) is 0 Å². The number of aromatic nitrogens is 2. The van der Waals surface area contributed by atoms with Crippen LogP contribution in [0.5, 0.6) is 0 Å². The van der Waals surface area contributed by atoms with Gasteiger partial charge in [-0.05, 0) is 12.1 Å². The van der Waals surface area contributed by atoms with Crippen LogP contribution < -0.4 is 0 Å². The summed E-state index contributed by atoms with van der Waals surface area (Å²) in [5.41, 5.74) is 3.19. The molecule has 4 rings (SSSR count). The summed E-state index contributed by atoms with van der Waals surface area (Å²) in [6.07, 6.45) is 1.53. The average molecular weight is 316 g/mol. The summed E-state index contributed by atoms with van der Waals surface area (Å²) >= 11 is 0. The quantitative estimate of drug-likeness (QED) is 0.414. The molecule has 0 bridgehead atoms. The molecule has 0 radical (unpaired) electrons. The molecular formula is C19H16N4O. The normalized spacial score (nSPS) is 12.0. The molecule has 0 aliphatic heterocycles. The van der Waals surface area contributed by atoms with Crippen molar-refractivity contribution >= 4 is 33.7 Å². The first-order valence-electron chi connectivity index (χ1n) is 7.68. The lowest BCUT2D eigenvalue weighted by atomic mass is 10.2. The molecule has 5 heteroatoms. The third kappa shape index (κ3) is 2.40. The largest absolute Gasteiger partial charge is 0.450 e.